The Balaban J connectivity index is 2.43. The summed E-state index contributed by atoms with van der Waals surface area (Å²) in [6.07, 6.45) is 5.10. The van der Waals surface area contributed by atoms with Crippen LogP contribution in [0.2, 0.25) is 18.1 Å². The SMILES string of the molecule is CC[Si](CC)(CC)N(C)c1ncc2nccnc2n1. The number of hydrogen-bond acceptors (Lipinski definition) is 5. The zero-order valence-corrected chi connectivity index (χ0v) is 13.1. The Bertz CT molecular complexity index is 547. The molecular weight excluding hydrogens is 254 g/mol. The van der Waals surface area contributed by atoms with E-state index in [1.165, 1.54) is 18.1 Å². The first-order chi connectivity index (χ1) is 9.16. The van der Waals surface area contributed by atoms with Gasteiger partial charge in [-0.2, -0.15) is 4.98 Å². The van der Waals surface area contributed by atoms with Crippen molar-refractivity contribution >= 4 is 25.3 Å². The fourth-order valence-corrected chi connectivity index (χ4v) is 6.05. The first-order valence-electron chi connectivity index (χ1n) is 6.84. The molecule has 0 aromatic carbocycles. The minimum absolute atomic E-state index is 0.672. The highest BCUT2D eigenvalue weighted by Crippen LogP contribution is 2.26. The van der Waals surface area contributed by atoms with Crippen LogP contribution in [0.4, 0.5) is 5.95 Å². The summed E-state index contributed by atoms with van der Waals surface area (Å²) in [4.78, 5) is 17.5. The second-order valence-corrected chi connectivity index (χ2v) is 10.0. The normalized spacial score (nSPS) is 11.8. The van der Waals surface area contributed by atoms with Gasteiger partial charge >= 0.3 is 0 Å². The lowest BCUT2D eigenvalue weighted by atomic mass is 10.5. The minimum Gasteiger partial charge on any atom is -0.370 e. The third-order valence-corrected chi connectivity index (χ3v) is 9.77. The molecule has 0 aliphatic rings. The molecule has 2 aromatic rings. The van der Waals surface area contributed by atoms with E-state index in [-0.39, 0.29) is 0 Å². The highest BCUT2D eigenvalue weighted by Gasteiger charge is 2.34. The molecule has 0 N–H and O–H groups in total. The van der Waals surface area contributed by atoms with Crippen molar-refractivity contribution in [3.63, 3.8) is 0 Å². The molecule has 5 nitrogen and oxygen atoms in total. The zero-order chi connectivity index (χ0) is 13.9. The van der Waals surface area contributed by atoms with Gasteiger partial charge in [0.15, 0.2) is 13.9 Å². The first kappa shape index (κ1) is 13.9. The van der Waals surface area contributed by atoms with Gasteiger partial charge in [-0.3, -0.25) is 0 Å². The summed E-state index contributed by atoms with van der Waals surface area (Å²) in [5, 5.41) is 0. The quantitative estimate of drug-likeness (QED) is 0.785. The van der Waals surface area contributed by atoms with Crippen molar-refractivity contribution in [2.75, 3.05) is 11.6 Å². The standard InChI is InChI=1S/C13H21N5Si/c1-5-19(6-2,7-3)18(4)13-16-10-11-12(17-13)15-9-8-14-11/h8-10H,5-7H2,1-4H3. The van der Waals surface area contributed by atoms with E-state index in [0.717, 1.165) is 11.5 Å². The van der Waals surface area contributed by atoms with Crippen LogP contribution in [0.5, 0.6) is 0 Å². The summed E-state index contributed by atoms with van der Waals surface area (Å²) in [7, 11) is 0.636. The fourth-order valence-electron chi connectivity index (χ4n) is 2.60. The van der Waals surface area contributed by atoms with Crippen LogP contribution in [0.25, 0.3) is 11.2 Å². The Hall–Kier alpha value is -1.56. The highest BCUT2D eigenvalue weighted by molar-refractivity contribution is 6.82. The molecule has 0 aliphatic heterocycles. The lowest BCUT2D eigenvalue weighted by Gasteiger charge is -2.38. The number of rotatable bonds is 5. The maximum absolute atomic E-state index is 4.56. The monoisotopic (exact) mass is 275 g/mol. The van der Waals surface area contributed by atoms with Gasteiger partial charge < -0.3 is 4.57 Å². The van der Waals surface area contributed by atoms with Crippen LogP contribution in [-0.4, -0.2) is 35.2 Å². The zero-order valence-electron chi connectivity index (χ0n) is 12.1. The second kappa shape index (κ2) is 5.60. The molecule has 102 valence electrons. The van der Waals surface area contributed by atoms with Gasteiger partial charge in [-0.25, -0.2) is 15.0 Å². The van der Waals surface area contributed by atoms with E-state index in [4.69, 9.17) is 0 Å². The molecule has 0 atom stereocenters. The van der Waals surface area contributed by atoms with E-state index < -0.39 is 8.24 Å². The van der Waals surface area contributed by atoms with E-state index in [2.05, 4.69) is 52.3 Å². The predicted molar refractivity (Wildman–Crippen MR) is 80.7 cm³/mol. The van der Waals surface area contributed by atoms with Gasteiger partial charge in [-0.05, 0) is 18.1 Å². The van der Waals surface area contributed by atoms with Gasteiger partial charge in [-0.15, -0.1) is 0 Å². The number of aromatic nitrogens is 4. The Morgan fingerprint density at radius 3 is 2.26 bits per heavy atom. The van der Waals surface area contributed by atoms with Crippen LogP contribution in [0.3, 0.4) is 0 Å². The van der Waals surface area contributed by atoms with E-state index in [0.29, 0.717) is 5.65 Å². The molecule has 2 aromatic heterocycles. The topological polar surface area (TPSA) is 54.8 Å². The molecule has 0 unspecified atom stereocenters. The van der Waals surface area contributed by atoms with E-state index >= 15 is 0 Å². The molecular formula is C13H21N5Si. The molecule has 0 saturated heterocycles. The molecule has 0 bridgehead atoms. The number of fused-ring (bicyclic) bond motifs is 1. The Labute approximate surface area is 115 Å². The van der Waals surface area contributed by atoms with Crippen LogP contribution in [0.1, 0.15) is 20.8 Å². The third kappa shape index (κ3) is 2.44. The molecule has 0 spiro atoms. The van der Waals surface area contributed by atoms with Crippen molar-refractivity contribution in [3.05, 3.63) is 18.6 Å². The van der Waals surface area contributed by atoms with Gasteiger partial charge in [0.05, 0.1) is 6.20 Å². The van der Waals surface area contributed by atoms with Crippen LogP contribution in [0, 0.1) is 0 Å². The van der Waals surface area contributed by atoms with Crippen molar-refractivity contribution in [1.29, 1.82) is 0 Å². The number of hydrogen-bond donors (Lipinski definition) is 0. The van der Waals surface area contributed by atoms with Gasteiger partial charge in [0.1, 0.15) is 5.52 Å². The van der Waals surface area contributed by atoms with Crippen molar-refractivity contribution in [2.45, 2.75) is 38.9 Å². The maximum Gasteiger partial charge on any atom is 0.219 e. The summed E-state index contributed by atoms with van der Waals surface area (Å²) >= 11 is 0. The molecule has 19 heavy (non-hydrogen) atoms. The minimum atomic E-state index is -1.49. The van der Waals surface area contributed by atoms with E-state index in [1.807, 2.05) is 0 Å². The Kier molecular flexibility index (Phi) is 4.09. The molecule has 0 saturated carbocycles. The average Bonchev–Trinajstić information content (AvgIpc) is 2.49. The van der Waals surface area contributed by atoms with Crippen LogP contribution < -0.4 is 4.57 Å². The highest BCUT2D eigenvalue weighted by atomic mass is 28.3. The molecule has 6 heteroatoms. The summed E-state index contributed by atoms with van der Waals surface area (Å²) in [6.45, 7) is 6.82. The van der Waals surface area contributed by atoms with Gasteiger partial charge in [0.25, 0.3) is 0 Å². The third-order valence-electron chi connectivity index (χ3n) is 4.20. The predicted octanol–water partition coefficient (Wildman–Crippen LogP) is 2.86. The summed E-state index contributed by atoms with van der Waals surface area (Å²) in [6, 6.07) is 3.62. The largest absolute Gasteiger partial charge is 0.370 e. The number of anilines is 1. The Morgan fingerprint density at radius 2 is 1.63 bits per heavy atom. The van der Waals surface area contributed by atoms with Crippen molar-refractivity contribution in [2.24, 2.45) is 0 Å². The van der Waals surface area contributed by atoms with Crippen molar-refractivity contribution in [1.82, 2.24) is 19.9 Å². The number of nitrogens with zero attached hydrogens (tertiary/aromatic N) is 5. The molecule has 0 fully saturated rings. The molecule has 0 aliphatic carbocycles. The lowest BCUT2D eigenvalue weighted by molar-refractivity contribution is 1.01. The molecule has 0 amide bonds. The maximum atomic E-state index is 4.56. The lowest BCUT2D eigenvalue weighted by Crippen LogP contribution is -2.51. The smallest absolute Gasteiger partial charge is 0.219 e. The summed E-state index contributed by atoms with van der Waals surface area (Å²) < 4.78 is 2.32. The van der Waals surface area contributed by atoms with Gasteiger partial charge in [-0.1, -0.05) is 20.8 Å². The van der Waals surface area contributed by atoms with E-state index in [9.17, 15) is 0 Å². The van der Waals surface area contributed by atoms with Crippen LogP contribution in [-0.2, 0) is 0 Å². The summed E-state index contributed by atoms with van der Waals surface area (Å²) in [5.41, 5.74) is 1.42. The molecule has 2 heterocycles. The summed E-state index contributed by atoms with van der Waals surface area (Å²) in [5.74, 6) is 0.783. The van der Waals surface area contributed by atoms with E-state index in [1.54, 1.807) is 18.6 Å². The van der Waals surface area contributed by atoms with Crippen LogP contribution >= 0.6 is 0 Å². The van der Waals surface area contributed by atoms with Crippen LogP contribution in [0.15, 0.2) is 18.6 Å². The first-order valence-corrected chi connectivity index (χ1v) is 9.41. The second-order valence-electron chi connectivity index (χ2n) is 4.78. The Morgan fingerprint density at radius 1 is 1.00 bits per heavy atom. The van der Waals surface area contributed by atoms with Gasteiger partial charge in [0.2, 0.25) is 5.95 Å². The van der Waals surface area contributed by atoms with Gasteiger partial charge in [0, 0.05) is 19.4 Å². The average molecular weight is 275 g/mol. The van der Waals surface area contributed by atoms with Crippen molar-refractivity contribution in [3.8, 4) is 0 Å². The molecule has 2 rings (SSSR count). The molecule has 0 radical (unpaired) electrons. The fraction of sp³-hybridized carbons (Fsp3) is 0.538. The van der Waals surface area contributed by atoms with Crippen molar-refractivity contribution < 1.29 is 0 Å².